The lowest BCUT2D eigenvalue weighted by Crippen LogP contribution is -2.29. The van der Waals surface area contributed by atoms with Gasteiger partial charge in [-0.2, -0.15) is 4.99 Å². The Balaban J connectivity index is 1.50. The Hall–Kier alpha value is -2.00. The first-order valence-electron chi connectivity index (χ1n) is 10.5. The molecule has 1 fully saturated rings. The van der Waals surface area contributed by atoms with Gasteiger partial charge in [-0.05, 0) is 64.4 Å². The molecule has 0 spiro atoms. The second kappa shape index (κ2) is 9.01. The van der Waals surface area contributed by atoms with Gasteiger partial charge in [-0.15, -0.1) is 11.3 Å². The van der Waals surface area contributed by atoms with Crippen LogP contribution < -0.4 is 5.32 Å². The Kier molecular flexibility index (Phi) is 6.38. The van der Waals surface area contributed by atoms with Gasteiger partial charge in [0.25, 0.3) is 0 Å². The molecular weight excluding hydrogens is 422 g/mol. The molecule has 30 heavy (non-hydrogen) atoms. The molecule has 3 amide bonds. The van der Waals surface area contributed by atoms with Gasteiger partial charge < -0.3 is 10.1 Å². The van der Waals surface area contributed by atoms with Gasteiger partial charge in [-0.1, -0.05) is 11.8 Å². The van der Waals surface area contributed by atoms with Crippen LogP contribution in [-0.2, 0) is 22.4 Å². The number of urea groups is 1. The summed E-state index contributed by atoms with van der Waals surface area (Å²) in [5, 5.41) is 3.76. The summed E-state index contributed by atoms with van der Waals surface area (Å²) in [5.74, 6) is -0.519. The first-order chi connectivity index (χ1) is 14.5. The van der Waals surface area contributed by atoms with Crippen LogP contribution in [0.15, 0.2) is 9.98 Å². The summed E-state index contributed by atoms with van der Waals surface area (Å²) in [6.45, 7) is 3.87. The zero-order chi connectivity index (χ0) is 21.3. The number of rotatable bonds is 5. The van der Waals surface area contributed by atoms with E-state index in [1.165, 1.54) is 23.1 Å². The molecule has 3 aliphatic rings. The maximum atomic E-state index is 13.0. The van der Waals surface area contributed by atoms with Crippen molar-refractivity contribution in [3.05, 3.63) is 16.0 Å². The maximum Gasteiger partial charge on any atom is 0.367 e. The van der Waals surface area contributed by atoms with Crippen molar-refractivity contribution in [1.29, 1.82) is 0 Å². The van der Waals surface area contributed by atoms with Gasteiger partial charge in [-0.3, -0.25) is 4.79 Å². The average Bonchev–Trinajstić information content (AvgIpc) is 3.32. The Bertz CT molecular complexity index is 950. The molecule has 4 rings (SSSR count). The van der Waals surface area contributed by atoms with E-state index < -0.39 is 11.3 Å². The standard InChI is InChI=1S/C21H25N3O4S2/c1-3-28-20(26)16-13-7-4-5-10-15(13)30-19(16)23-17(25)11(2)29-18-12-8-6-9-14(12)22-21(27)24-18/h11-12H,3-10H2,1-2H3,(H,23,25). The SMILES string of the molecule is CCOC(=O)c1c(NC(=O)C(C)SC2=NC(=O)N=C3CCCC32)sc2c1CCCC2. The number of ether oxygens (including phenoxy) is 1. The summed E-state index contributed by atoms with van der Waals surface area (Å²) in [4.78, 5) is 46.6. The number of nitrogens with one attached hydrogen (secondary N) is 1. The van der Waals surface area contributed by atoms with Crippen LogP contribution in [0.4, 0.5) is 9.80 Å². The minimum atomic E-state index is -0.478. The lowest BCUT2D eigenvalue weighted by atomic mass is 9.95. The van der Waals surface area contributed by atoms with Gasteiger partial charge in [0.15, 0.2) is 0 Å². The molecule has 0 radical (unpaired) electrons. The van der Waals surface area contributed by atoms with Crippen LogP contribution in [0.2, 0.25) is 0 Å². The Morgan fingerprint density at radius 1 is 1.23 bits per heavy atom. The van der Waals surface area contributed by atoms with Crippen molar-refractivity contribution < 1.29 is 19.1 Å². The average molecular weight is 448 g/mol. The summed E-state index contributed by atoms with van der Waals surface area (Å²) in [6.07, 6.45) is 6.61. The molecule has 9 heteroatoms. The van der Waals surface area contributed by atoms with Gasteiger partial charge in [0, 0.05) is 16.5 Å². The number of hydrogen-bond donors (Lipinski definition) is 1. The highest BCUT2D eigenvalue weighted by Gasteiger charge is 2.34. The summed E-state index contributed by atoms with van der Waals surface area (Å²) >= 11 is 2.79. The van der Waals surface area contributed by atoms with Gasteiger partial charge in [-0.25, -0.2) is 14.6 Å². The van der Waals surface area contributed by atoms with Gasteiger partial charge in [0.2, 0.25) is 5.91 Å². The van der Waals surface area contributed by atoms with Crippen LogP contribution in [0.25, 0.3) is 0 Å². The molecule has 2 aliphatic carbocycles. The number of aryl methyl sites for hydroxylation is 1. The summed E-state index contributed by atoms with van der Waals surface area (Å²) in [6, 6.07) is -0.478. The van der Waals surface area contributed by atoms with Crippen molar-refractivity contribution in [3.63, 3.8) is 0 Å². The minimum Gasteiger partial charge on any atom is -0.462 e. The number of thiophene rings is 1. The van der Waals surface area contributed by atoms with Gasteiger partial charge >= 0.3 is 12.0 Å². The number of anilines is 1. The lowest BCUT2D eigenvalue weighted by Gasteiger charge is -2.19. The zero-order valence-corrected chi connectivity index (χ0v) is 18.8. The molecule has 0 bridgehead atoms. The van der Waals surface area contributed by atoms with Crippen LogP contribution in [-0.4, -0.2) is 40.5 Å². The molecule has 0 saturated heterocycles. The van der Waals surface area contributed by atoms with E-state index in [9.17, 15) is 14.4 Å². The number of carbonyl (C=O) groups excluding carboxylic acids is 3. The zero-order valence-electron chi connectivity index (χ0n) is 17.2. The Morgan fingerprint density at radius 2 is 2.03 bits per heavy atom. The molecule has 2 unspecified atom stereocenters. The number of hydrogen-bond acceptors (Lipinski definition) is 6. The van der Waals surface area contributed by atoms with Gasteiger partial charge in [0.1, 0.15) is 5.00 Å². The molecule has 2 heterocycles. The van der Waals surface area contributed by atoms with E-state index in [-0.39, 0.29) is 17.8 Å². The van der Waals surface area contributed by atoms with Crippen molar-refractivity contribution >= 4 is 56.8 Å². The third-order valence-electron chi connectivity index (χ3n) is 5.63. The molecule has 1 saturated carbocycles. The third-order valence-corrected chi connectivity index (χ3v) is 8.02. The van der Waals surface area contributed by atoms with Crippen LogP contribution in [0, 0.1) is 5.92 Å². The fraction of sp³-hybridized carbons (Fsp3) is 0.571. The van der Waals surface area contributed by atoms with E-state index >= 15 is 0 Å². The van der Waals surface area contributed by atoms with Crippen LogP contribution in [0.3, 0.4) is 0 Å². The predicted octanol–water partition coefficient (Wildman–Crippen LogP) is 4.64. The fourth-order valence-electron chi connectivity index (χ4n) is 4.18. The Labute approximate surface area is 183 Å². The highest BCUT2D eigenvalue weighted by Crippen LogP contribution is 2.39. The van der Waals surface area contributed by atoms with Crippen molar-refractivity contribution in [2.24, 2.45) is 15.9 Å². The van der Waals surface area contributed by atoms with E-state index in [2.05, 4.69) is 15.3 Å². The number of thioether (sulfide) groups is 1. The first kappa shape index (κ1) is 21.2. The summed E-state index contributed by atoms with van der Waals surface area (Å²) in [7, 11) is 0. The number of carbonyl (C=O) groups is 3. The Morgan fingerprint density at radius 3 is 2.83 bits per heavy atom. The summed E-state index contributed by atoms with van der Waals surface area (Å²) in [5.41, 5.74) is 2.42. The smallest absolute Gasteiger partial charge is 0.367 e. The number of aliphatic imine (C=N–C) groups is 2. The van der Waals surface area contributed by atoms with Gasteiger partial charge in [0.05, 0.1) is 22.5 Å². The highest BCUT2D eigenvalue weighted by atomic mass is 32.2. The van der Waals surface area contributed by atoms with Crippen molar-refractivity contribution in [1.82, 2.24) is 0 Å². The van der Waals surface area contributed by atoms with Crippen LogP contribution in [0.1, 0.15) is 66.8 Å². The number of esters is 1. The second-order valence-corrected chi connectivity index (χ2v) is 10.1. The normalized spacial score (nSPS) is 21.3. The van der Waals surface area contributed by atoms with Crippen molar-refractivity contribution in [2.45, 2.75) is 64.0 Å². The van der Waals surface area contributed by atoms with Crippen LogP contribution >= 0.6 is 23.1 Å². The topological polar surface area (TPSA) is 97.2 Å². The van der Waals surface area contributed by atoms with E-state index in [4.69, 9.17) is 4.74 Å². The first-order valence-corrected chi connectivity index (χ1v) is 12.2. The van der Waals surface area contributed by atoms with E-state index in [1.54, 1.807) is 13.8 Å². The molecule has 1 N–H and O–H groups in total. The quantitative estimate of drug-likeness (QED) is 0.663. The lowest BCUT2D eigenvalue weighted by molar-refractivity contribution is -0.115. The van der Waals surface area contributed by atoms with Crippen molar-refractivity contribution in [3.8, 4) is 0 Å². The molecule has 1 aromatic heterocycles. The molecule has 1 aliphatic heterocycles. The second-order valence-electron chi connectivity index (χ2n) is 7.67. The molecule has 160 valence electrons. The van der Waals surface area contributed by atoms with E-state index in [0.717, 1.165) is 61.1 Å². The summed E-state index contributed by atoms with van der Waals surface area (Å²) < 4.78 is 5.26. The minimum absolute atomic E-state index is 0.0621. The molecule has 2 atom stereocenters. The van der Waals surface area contributed by atoms with Crippen LogP contribution in [0.5, 0.6) is 0 Å². The number of nitrogens with zero attached hydrogens (tertiary/aromatic N) is 2. The van der Waals surface area contributed by atoms with E-state index in [0.29, 0.717) is 22.2 Å². The maximum absolute atomic E-state index is 13.0. The fourth-order valence-corrected chi connectivity index (χ4v) is 6.54. The molecule has 7 nitrogen and oxygen atoms in total. The number of fused-ring (bicyclic) bond motifs is 2. The van der Waals surface area contributed by atoms with Crippen molar-refractivity contribution in [2.75, 3.05) is 11.9 Å². The highest BCUT2D eigenvalue weighted by molar-refractivity contribution is 8.15. The molecule has 0 aromatic carbocycles. The largest absolute Gasteiger partial charge is 0.462 e. The molecular formula is C21H25N3O4S2. The predicted molar refractivity (Wildman–Crippen MR) is 120 cm³/mol. The number of amides is 3. The monoisotopic (exact) mass is 447 g/mol. The third kappa shape index (κ3) is 4.23. The van der Waals surface area contributed by atoms with E-state index in [1.807, 2.05) is 0 Å². The molecule has 1 aromatic rings.